The van der Waals surface area contributed by atoms with E-state index in [1.54, 1.807) is 0 Å². The lowest BCUT2D eigenvalue weighted by Gasteiger charge is -2.17. The van der Waals surface area contributed by atoms with Crippen molar-refractivity contribution < 1.29 is 4.39 Å². The number of halogens is 1. The average molecular weight is 368 g/mol. The summed E-state index contributed by atoms with van der Waals surface area (Å²) in [6, 6.07) is 6.62. The molecule has 6 nitrogen and oxygen atoms in total. The summed E-state index contributed by atoms with van der Waals surface area (Å²) in [6.45, 7) is 7.84. The number of imidazole rings is 1. The number of anilines is 2. The van der Waals surface area contributed by atoms with Gasteiger partial charge in [-0.15, -0.1) is 0 Å². The number of fused-ring (bicyclic) bond motifs is 1. The zero-order chi connectivity index (χ0) is 18.8. The minimum atomic E-state index is -0.209. The summed E-state index contributed by atoms with van der Waals surface area (Å²) in [6.07, 6.45) is 3.78. The third-order valence-electron chi connectivity index (χ3n) is 5.12. The van der Waals surface area contributed by atoms with Crippen molar-refractivity contribution in [3.8, 4) is 0 Å². The van der Waals surface area contributed by atoms with Crippen molar-refractivity contribution in [1.29, 1.82) is 0 Å². The van der Waals surface area contributed by atoms with Crippen LogP contribution in [0.2, 0.25) is 0 Å². The van der Waals surface area contributed by atoms with Gasteiger partial charge in [-0.3, -0.25) is 0 Å². The van der Waals surface area contributed by atoms with Crippen molar-refractivity contribution in [2.75, 3.05) is 29.9 Å². The van der Waals surface area contributed by atoms with E-state index in [0.29, 0.717) is 12.5 Å². The molecule has 1 N–H and O–H groups in total. The molecule has 1 unspecified atom stereocenters. The summed E-state index contributed by atoms with van der Waals surface area (Å²) in [5.41, 5.74) is 2.75. The molecule has 142 valence electrons. The molecule has 0 saturated carbocycles. The zero-order valence-electron chi connectivity index (χ0n) is 15.8. The van der Waals surface area contributed by atoms with Gasteiger partial charge < -0.3 is 14.8 Å². The molecule has 0 amide bonds. The number of benzene rings is 1. The van der Waals surface area contributed by atoms with E-state index < -0.39 is 0 Å². The topological polar surface area (TPSA) is 58.9 Å². The van der Waals surface area contributed by atoms with Crippen LogP contribution in [0.3, 0.4) is 0 Å². The Labute approximate surface area is 158 Å². The Bertz CT molecular complexity index is 920. The van der Waals surface area contributed by atoms with Crippen LogP contribution < -0.4 is 10.2 Å². The highest BCUT2D eigenvalue weighted by Crippen LogP contribution is 2.26. The fourth-order valence-electron chi connectivity index (χ4n) is 3.52. The monoisotopic (exact) mass is 368 g/mol. The van der Waals surface area contributed by atoms with Crippen LogP contribution in [0.25, 0.3) is 11.2 Å². The first kappa shape index (κ1) is 17.7. The summed E-state index contributed by atoms with van der Waals surface area (Å²) >= 11 is 0. The van der Waals surface area contributed by atoms with E-state index in [9.17, 15) is 4.39 Å². The highest BCUT2D eigenvalue weighted by molar-refractivity contribution is 5.84. The number of hydrogen-bond donors (Lipinski definition) is 1. The van der Waals surface area contributed by atoms with Gasteiger partial charge in [-0.25, -0.2) is 9.37 Å². The second-order valence-electron chi connectivity index (χ2n) is 7.22. The van der Waals surface area contributed by atoms with Crippen LogP contribution in [-0.2, 0) is 13.0 Å². The summed E-state index contributed by atoms with van der Waals surface area (Å²) in [5.74, 6) is 1.99. The SMILES string of the molecule is CCn1cnc2c(NCCc3ccc(F)cc3)nc(N3CCC(C)C3)nc21. The largest absolute Gasteiger partial charge is 0.368 e. The smallest absolute Gasteiger partial charge is 0.229 e. The molecule has 0 aliphatic carbocycles. The molecule has 1 aliphatic heterocycles. The Hall–Kier alpha value is -2.70. The normalized spacial score (nSPS) is 17.0. The molecule has 3 aromatic rings. The Kier molecular flexibility index (Phi) is 4.92. The molecule has 1 saturated heterocycles. The van der Waals surface area contributed by atoms with Gasteiger partial charge in [0.15, 0.2) is 17.0 Å². The second kappa shape index (κ2) is 7.50. The first-order valence-corrected chi connectivity index (χ1v) is 9.60. The number of aromatic nitrogens is 4. The standard InChI is InChI=1S/C20H25FN6/c1-3-26-13-23-17-18(22-10-8-15-4-6-16(21)7-5-15)24-20(25-19(17)26)27-11-9-14(2)12-27/h4-7,13-14H,3,8-12H2,1-2H3,(H,22,24,25). The van der Waals surface area contributed by atoms with Gasteiger partial charge in [0.2, 0.25) is 5.95 Å². The first-order valence-electron chi connectivity index (χ1n) is 9.60. The van der Waals surface area contributed by atoms with Crippen LogP contribution in [0.1, 0.15) is 25.8 Å². The molecule has 7 heteroatoms. The Balaban J connectivity index is 1.58. The van der Waals surface area contributed by atoms with Gasteiger partial charge in [0, 0.05) is 26.2 Å². The number of nitrogens with one attached hydrogen (secondary N) is 1. The predicted molar refractivity (Wildman–Crippen MR) is 106 cm³/mol. The maximum Gasteiger partial charge on any atom is 0.229 e. The van der Waals surface area contributed by atoms with Crippen molar-refractivity contribution in [1.82, 2.24) is 19.5 Å². The maximum absolute atomic E-state index is 13.1. The van der Waals surface area contributed by atoms with Crippen LogP contribution >= 0.6 is 0 Å². The molecule has 0 bridgehead atoms. The third-order valence-corrected chi connectivity index (χ3v) is 5.12. The van der Waals surface area contributed by atoms with E-state index in [0.717, 1.165) is 54.5 Å². The van der Waals surface area contributed by atoms with E-state index in [1.807, 2.05) is 23.0 Å². The molecule has 1 fully saturated rings. The van der Waals surface area contributed by atoms with Crippen molar-refractivity contribution in [2.24, 2.45) is 5.92 Å². The fraction of sp³-hybridized carbons (Fsp3) is 0.450. The van der Waals surface area contributed by atoms with E-state index in [-0.39, 0.29) is 5.82 Å². The van der Waals surface area contributed by atoms with Gasteiger partial charge in [0.25, 0.3) is 0 Å². The van der Waals surface area contributed by atoms with Gasteiger partial charge in [-0.05, 0) is 43.4 Å². The van der Waals surface area contributed by atoms with Crippen LogP contribution in [0.5, 0.6) is 0 Å². The number of nitrogens with zero attached hydrogens (tertiary/aromatic N) is 5. The first-order chi connectivity index (χ1) is 13.1. The van der Waals surface area contributed by atoms with Gasteiger partial charge >= 0.3 is 0 Å². The van der Waals surface area contributed by atoms with E-state index in [2.05, 4.69) is 29.0 Å². The molecule has 4 rings (SSSR count). The molecular formula is C20H25FN6. The maximum atomic E-state index is 13.1. The number of aryl methyl sites for hydroxylation is 1. The van der Waals surface area contributed by atoms with Gasteiger partial charge in [-0.1, -0.05) is 19.1 Å². The highest BCUT2D eigenvalue weighted by atomic mass is 19.1. The summed E-state index contributed by atoms with van der Waals surface area (Å²) < 4.78 is 15.1. The Morgan fingerprint density at radius 3 is 2.74 bits per heavy atom. The average Bonchev–Trinajstić information content (AvgIpc) is 3.29. The minimum Gasteiger partial charge on any atom is -0.368 e. The van der Waals surface area contributed by atoms with Crippen molar-refractivity contribution in [3.05, 3.63) is 42.0 Å². The van der Waals surface area contributed by atoms with Crippen molar-refractivity contribution in [2.45, 2.75) is 33.2 Å². The van der Waals surface area contributed by atoms with Gasteiger partial charge in [-0.2, -0.15) is 9.97 Å². The Morgan fingerprint density at radius 2 is 2.04 bits per heavy atom. The summed E-state index contributed by atoms with van der Waals surface area (Å²) in [7, 11) is 0. The molecule has 0 spiro atoms. The summed E-state index contributed by atoms with van der Waals surface area (Å²) in [5, 5.41) is 3.42. The molecule has 1 atom stereocenters. The zero-order valence-corrected chi connectivity index (χ0v) is 15.8. The highest BCUT2D eigenvalue weighted by Gasteiger charge is 2.23. The molecule has 3 heterocycles. The third kappa shape index (κ3) is 3.72. The van der Waals surface area contributed by atoms with Crippen LogP contribution in [-0.4, -0.2) is 39.2 Å². The van der Waals surface area contributed by atoms with Crippen LogP contribution in [0.15, 0.2) is 30.6 Å². The van der Waals surface area contributed by atoms with Gasteiger partial charge in [0.05, 0.1) is 6.33 Å². The van der Waals surface area contributed by atoms with Gasteiger partial charge in [0.1, 0.15) is 5.82 Å². The number of hydrogen-bond acceptors (Lipinski definition) is 5. The lowest BCUT2D eigenvalue weighted by atomic mass is 10.1. The predicted octanol–water partition coefficient (Wildman–Crippen LogP) is 3.49. The van der Waals surface area contributed by atoms with Crippen LogP contribution in [0.4, 0.5) is 16.2 Å². The van der Waals surface area contributed by atoms with Crippen LogP contribution in [0, 0.1) is 11.7 Å². The molecule has 1 aliphatic rings. The second-order valence-corrected chi connectivity index (χ2v) is 7.22. The number of rotatable bonds is 6. The Morgan fingerprint density at radius 1 is 1.22 bits per heavy atom. The fourth-order valence-corrected chi connectivity index (χ4v) is 3.52. The molecule has 2 aromatic heterocycles. The van der Waals surface area contributed by atoms with Crippen molar-refractivity contribution in [3.63, 3.8) is 0 Å². The minimum absolute atomic E-state index is 0.209. The molecule has 0 radical (unpaired) electrons. The van der Waals surface area contributed by atoms with Crippen molar-refractivity contribution >= 4 is 22.9 Å². The summed E-state index contributed by atoms with van der Waals surface area (Å²) in [4.78, 5) is 16.3. The lowest BCUT2D eigenvalue weighted by molar-refractivity contribution is 0.627. The molecule has 27 heavy (non-hydrogen) atoms. The van der Waals surface area contributed by atoms with E-state index >= 15 is 0 Å². The molecule has 1 aromatic carbocycles. The lowest BCUT2D eigenvalue weighted by Crippen LogP contribution is -2.22. The van der Waals surface area contributed by atoms with E-state index in [4.69, 9.17) is 9.97 Å². The van der Waals surface area contributed by atoms with E-state index in [1.165, 1.54) is 18.6 Å². The quantitative estimate of drug-likeness (QED) is 0.722. The molecular weight excluding hydrogens is 343 g/mol.